The fraction of sp³-hybridized carbons (Fsp3) is 0.400. The molecule has 1 N–H and O–H groups in total. The Morgan fingerprint density at radius 2 is 1.72 bits per heavy atom. The number of rotatable bonds is 6. The Kier molecular flexibility index (Phi) is 7.51. The van der Waals surface area contributed by atoms with Crippen LogP contribution in [0.4, 0.5) is 0 Å². The Labute approximate surface area is 188 Å². The predicted molar refractivity (Wildman–Crippen MR) is 121 cm³/mol. The minimum atomic E-state index is -0.428. The number of ether oxygens (including phenoxy) is 2. The number of hydrogen-bond donors (Lipinski definition) is 1. The molecule has 0 aliphatic carbocycles. The van der Waals surface area contributed by atoms with Crippen LogP contribution >= 0.6 is 0 Å². The lowest BCUT2D eigenvalue weighted by molar-refractivity contribution is -0.132. The Morgan fingerprint density at radius 3 is 2.41 bits per heavy atom. The smallest absolute Gasteiger partial charge is 0.308 e. The van der Waals surface area contributed by atoms with Crippen molar-refractivity contribution in [1.29, 1.82) is 0 Å². The lowest BCUT2D eigenvalue weighted by Crippen LogP contribution is -2.47. The molecule has 1 aliphatic heterocycles. The van der Waals surface area contributed by atoms with E-state index in [1.54, 1.807) is 29.2 Å². The van der Waals surface area contributed by atoms with Crippen molar-refractivity contribution in [3.8, 4) is 11.5 Å². The second kappa shape index (κ2) is 10.3. The highest BCUT2D eigenvalue weighted by Crippen LogP contribution is 2.25. The van der Waals surface area contributed by atoms with Crippen LogP contribution in [0.5, 0.6) is 11.5 Å². The summed E-state index contributed by atoms with van der Waals surface area (Å²) in [5.74, 6) is 0.408. The highest BCUT2D eigenvalue weighted by Gasteiger charge is 2.25. The van der Waals surface area contributed by atoms with Crippen LogP contribution in [-0.2, 0) is 9.59 Å². The number of carbonyl (C=O) groups excluding carboxylic acids is 3. The first kappa shape index (κ1) is 23.3. The molecule has 1 saturated heterocycles. The van der Waals surface area contributed by atoms with E-state index in [-0.39, 0.29) is 24.5 Å². The predicted octanol–water partition coefficient (Wildman–Crippen LogP) is 3.34. The molecule has 0 unspecified atom stereocenters. The maximum absolute atomic E-state index is 12.8. The summed E-state index contributed by atoms with van der Waals surface area (Å²) in [5, 5.41) is 3.01. The van der Waals surface area contributed by atoms with Crippen LogP contribution in [0.15, 0.2) is 36.4 Å². The molecule has 3 rings (SSSR count). The summed E-state index contributed by atoms with van der Waals surface area (Å²) >= 11 is 0. The second-order valence-corrected chi connectivity index (χ2v) is 8.20. The monoisotopic (exact) mass is 438 g/mol. The third-order valence-corrected chi connectivity index (χ3v) is 5.71. The number of amides is 2. The van der Waals surface area contributed by atoms with Crippen LogP contribution in [0, 0.1) is 20.8 Å². The highest BCUT2D eigenvalue weighted by molar-refractivity contribution is 5.94. The van der Waals surface area contributed by atoms with Crippen LogP contribution in [0.25, 0.3) is 0 Å². The van der Waals surface area contributed by atoms with E-state index in [4.69, 9.17) is 9.47 Å². The minimum Gasteiger partial charge on any atom is -0.483 e. The largest absolute Gasteiger partial charge is 0.483 e. The zero-order valence-electron chi connectivity index (χ0n) is 19.1. The molecule has 0 atom stereocenters. The van der Waals surface area contributed by atoms with Crippen molar-refractivity contribution in [2.24, 2.45) is 0 Å². The molecule has 7 heteroatoms. The Balaban J connectivity index is 1.48. The molecule has 1 aliphatic rings. The first-order valence-electron chi connectivity index (χ1n) is 10.8. The zero-order chi connectivity index (χ0) is 23.3. The molecule has 1 heterocycles. The van der Waals surface area contributed by atoms with E-state index in [2.05, 4.69) is 5.32 Å². The Morgan fingerprint density at radius 1 is 1.03 bits per heavy atom. The van der Waals surface area contributed by atoms with Crippen LogP contribution in [-0.4, -0.2) is 48.4 Å². The molecule has 0 aromatic heterocycles. The summed E-state index contributed by atoms with van der Waals surface area (Å²) in [6.45, 7) is 8.34. The van der Waals surface area contributed by atoms with Crippen LogP contribution in [0.3, 0.4) is 0 Å². The van der Waals surface area contributed by atoms with Crippen molar-refractivity contribution in [3.05, 3.63) is 58.7 Å². The van der Waals surface area contributed by atoms with Gasteiger partial charge in [-0.3, -0.25) is 14.4 Å². The van der Waals surface area contributed by atoms with E-state index in [0.717, 1.165) is 22.4 Å². The van der Waals surface area contributed by atoms with Crippen LogP contribution in [0.2, 0.25) is 0 Å². The lowest BCUT2D eigenvalue weighted by Gasteiger charge is -2.32. The molecule has 0 spiro atoms. The van der Waals surface area contributed by atoms with Crippen LogP contribution < -0.4 is 14.8 Å². The minimum absolute atomic E-state index is 0.00207. The summed E-state index contributed by atoms with van der Waals surface area (Å²) in [7, 11) is 0. The summed E-state index contributed by atoms with van der Waals surface area (Å²) in [6, 6.07) is 10.6. The van der Waals surface area contributed by atoms with Crippen LogP contribution in [0.1, 0.15) is 46.8 Å². The van der Waals surface area contributed by atoms with E-state index in [1.807, 2.05) is 32.9 Å². The van der Waals surface area contributed by atoms with Crippen molar-refractivity contribution >= 4 is 17.8 Å². The number of piperidine rings is 1. The van der Waals surface area contributed by atoms with Crippen molar-refractivity contribution in [2.45, 2.75) is 46.6 Å². The second-order valence-electron chi connectivity index (χ2n) is 8.20. The molecule has 2 aromatic rings. The van der Waals surface area contributed by atoms with Gasteiger partial charge in [-0.2, -0.15) is 0 Å². The third kappa shape index (κ3) is 5.87. The topological polar surface area (TPSA) is 84.9 Å². The van der Waals surface area contributed by atoms with E-state index in [9.17, 15) is 14.4 Å². The molecule has 7 nitrogen and oxygen atoms in total. The van der Waals surface area contributed by atoms with Gasteiger partial charge in [0.1, 0.15) is 11.5 Å². The molecule has 1 fully saturated rings. The SMILES string of the molecule is CC(=O)Oc1cccc(C(=O)N2CCC(NC(=O)COc3c(C)ccc(C)c3C)CC2)c1. The van der Waals surface area contributed by atoms with E-state index < -0.39 is 5.97 Å². The third-order valence-electron chi connectivity index (χ3n) is 5.71. The average molecular weight is 439 g/mol. The van der Waals surface area contributed by atoms with E-state index in [0.29, 0.717) is 37.2 Å². The molecule has 2 amide bonds. The molecule has 0 bridgehead atoms. The maximum Gasteiger partial charge on any atom is 0.308 e. The summed E-state index contributed by atoms with van der Waals surface area (Å²) < 4.78 is 10.9. The van der Waals surface area contributed by atoms with Gasteiger partial charge >= 0.3 is 5.97 Å². The van der Waals surface area contributed by atoms with Gasteiger partial charge in [0, 0.05) is 31.6 Å². The molecule has 32 heavy (non-hydrogen) atoms. The van der Waals surface area contributed by atoms with Crippen molar-refractivity contribution in [3.63, 3.8) is 0 Å². The summed E-state index contributed by atoms with van der Waals surface area (Å²) in [4.78, 5) is 38.1. The maximum atomic E-state index is 12.8. The number of aryl methyl sites for hydroxylation is 2. The summed E-state index contributed by atoms with van der Waals surface area (Å²) in [5.41, 5.74) is 3.65. The van der Waals surface area contributed by atoms with Crippen molar-refractivity contribution < 1.29 is 23.9 Å². The lowest BCUT2D eigenvalue weighted by atomic mass is 10.0. The quantitative estimate of drug-likeness (QED) is 0.552. The van der Waals surface area contributed by atoms with E-state index >= 15 is 0 Å². The Bertz CT molecular complexity index is 1010. The molecular weight excluding hydrogens is 408 g/mol. The van der Waals surface area contributed by atoms with Gasteiger partial charge in [-0.15, -0.1) is 0 Å². The number of hydrogen-bond acceptors (Lipinski definition) is 5. The van der Waals surface area contributed by atoms with Gasteiger partial charge < -0.3 is 19.7 Å². The highest BCUT2D eigenvalue weighted by atomic mass is 16.5. The standard InChI is InChI=1S/C25H30N2O5/c1-16-8-9-17(2)24(18(16)3)31-15-23(29)26-21-10-12-27(13-11-21)25(30)20-6-5-7-22(14-20)32-19(4)28/h5-9,14,21H,10-13,15H2,1-4H3,(H,26,29). The van der Waals surface area contributed by atoms with Gasteiger partial charge in [0.15, 0.2) is 6.61 Å². The van der Waals surface area contributed by atoms with Crippen molar-refractivity contribution in [1.82, 2.24) is 10.2 Å². The van der Waals surface area contributed by atoms with Crippen molar-refractivity contribution in [2.75, 3.05) is 19.7 Å². The Hall–Kier alpha value is -3.35. The zero-order valence-corrected chi connectivity index (χ0v) is 19.1. The molecule has 170 valence electrons. The van der Waals surface area contributed by atoms with Gasteiger partial charge in [0.2, 0.25) is 0 Å². The number of nitrogens with one attached hydrogen (secondary N) is 1. The molecule has 2 aromatic carbocycles. The van der Waals surface area contributed by atoms with Gasteiger partial charge in [-0.25, -0.2) is 0 Å². The van der Waals surface area contributed by atoms with Gasteiger partial charge in [-0.1, -0.05) is 18.2 Å². The van der Waals surface area contributed by atoms with Gasteiger partial charge in [0.05, 0.1) is 0 Å². The molecular formula is C25H30N2O5. The fourth-order valence-electron chi connectivity index (χ4n) is 3.82. The first-order chi connectivity index (χ1) is 15.2. The van der Waals surface area contributed by atoms with Gasteiger partial charge in [-0.05, 0) is 68.5 Å². The molecule has 0 radical (unpaired) electrons. The fourth-order valence-corrected chi connectivity index (χ4v) is 3.82. The first-order valence-corrected chi connectivity index (χ1v) is 10.8. The number of likely N-dealkylation sites (tertiary alicyclic amines) is 1. The number of nitrogens with zero attached hydrogens (tertiary/aromatic N) is 1. The number of carbonyl (C=O) groups is 3. The molecule has 0 saturated carbocycles. The van der Waals surface area contributed by atoms with E-state index in [1.165, 1.54) is 6.92 Å². The average Bonchev–Trinajstić information content (AvgIpc) is 2.76. The summed E-state index contributed by atoms with van der Waals surface area (Å²) in [6.07, 6.45) is 1.34. The normalized spacial score (nSPS) is 14.1. The number of benzene rings is 2. The number of esters is 1. The van der Waals surface area contributed by atoms with Gasteiger partial charge in [0.25, 0.3) is 11.8 Å².